The van der Waals surface area contributed by atoms with Crippen LogP contribution in [0.2, 0.25) is 0 Å². The number of halogens is 1. The topological polar surface area (TPSA) is 67.4 Å². The van der Waals surface area contributed by atoms with Crippen LogP contribution in [0, 0.1) is 6.92 Å². The predicted molar refractivity (Wildman–Crippen MR) is 101 cm³/mol. The maximum Gasteiger partial charge on any atom is 0.269 e. The molecule has 0 radical (unpaired) electrons. The van der Waals surface area contributed by atoms with Crippen LogP contribution in [-0.4, -0.2) is 18.4 Å². The molecule has 2 aromatic carbocycles. The third-order valence-electron chi connectivity index (χ3n) is 3.35. The van der Waals surface area contributed by atoms with Gasteiger partial charge in [0.2, 0.25) is 0 Å². The molecule has 0 spiro atoms. The fraction of sp³-hybridized carbons (Fsp3) is 0.158. The summed E-state index contributed by atoms with van der Waals surface area (Å²) in [4.78, 5) is 23.8. The van der Waals surface area contributed by atoms with Crippen molar-refractivity contribution in [3.8, 4) is 5.75 Å². The molecule has 0 saturated heterocycles. The molecule has 0 aliphatic rings. The highest BCUT2D eigenvalue weighted by Crippen LogP contribution is 2.17. The van der Waals surface area contributed by atoms with Gasteiger partial charge in [-0.2, -0.15) is 0 Å². The fourth-order valence-corrected chi connectivity index (χ4v) is 2.36. The Balaban J connectivity index is 1.87. The second-order valence-electron chi connectivity index (χ2n) is 5.24. The molecule has 2 amide bonds. The fourth-order valence-electron chi connectivity index (χ4n) is 1.98. The zero-order valence-electron chi connectivity index (χ0n) is 14.0. The van der Waals surface area contributed by atoms with Gasteiger partial charge in [0.05, 0.1) is 6.61 Å². The van der Waals surface area contributed by atoms with E-state index in [9.17, 15) is 9.59 Å². The van der Waals surface area contributed by atoms with E-state index in [1.807, 2.05) is 44.2 Å². The molecule has 0 unspecified atom stereocenters. The number of benzene rings is 2. The number of hydrogen-bond acceptors (Lipinski definition) is 3. The summed E-state index contributed by atoms with van der Waals surface area (Å²) in [5.74, 6) is -0.0300. The number of ether oxygens (including phenoxy) is 1. The van der Waals surface area contributed by atoms with E-state index in [4.69, 9.17) is 4.74 Å². The Morgan fingerprint density at radius 3 is 2.48 bits per heavy atom. The average molecular weight is 403 g/mol. The molecule has 2 aromatic rings. The van der Waals surface area contributed by atoms with Gasteiger partial charge in [-0.25, -0.2) is 0 Å². The van der Waals surface area contributed by atoms with Crippen LogP contribution in [0.5, 0.6) is 5.75 Å². The molecule has 0 atom stereocenters. The van der Waals surface area contributed by atoms with E-state index < -0.39 is 5.91 Å². The summed E-state index contributed by atoms with van der Waals surface area (Å²) in [7, 11) is 0. The first kappa shape index (κ1) is 18.7. The summed E-state index contributed by atoms with van der Waals surface area (Å²) in [6, 6.07) is 12.6. The Labute approximate surface area is 155 Å². The third-order valence-corrected chi connectivity index (χ3v) is 4.21. The van der Waals surface area contributed by atoms with Crippen LogP contribution in [0.1, 0.15) is 28.4 Å². The minimum atomic E-state index is -0.423. The van der Waals surface area contributed by atoms with Crippen molar-refractivity contribution < 1.29 is 14.3 Å². The number of aryl methyl sites for hydroxylation is 1. The van der Waals surface area contributed by atoms with Gasteiger partial charge in [0.25, 0.3) is 11.8 Å². The number of carbonyl (C=O) groups is 2. The van der Waals surface area contributed by atoms with E-state index in [1.165, 1.54) is 6.08 Å². The zero-order chi connectivity index (χ0) is 18.2. The Bertz CT molecular complexity index is 786. The lowest BCUT2D eigenvalue weighted by atomic mass is 10.1. The lowest BCUT2D eigenvalue weighted by Gasteiger charge is -2.06. The van der Waals surface area contributed by atoms with Crippen LogP contribution in [0.4, 0.5) is 0 Å². The number of amides is 2. The van der Waals surface area contributed by atoms with Gasteiger partial charge in [0, 0.05) is 16.1 Å². The second kappa shape index (κ2) is 9.03. The average Bonchev–Trinajstić information content (AvgIpc) is 2.61. The summed E-state index contributed by atoms with van der Waals surface area (Å²) < 4.78 is 6.19. The Morgan fingerprint density at radius 2 is 1.84 bits per heavy atom. The van der Waals surface area contributed by atoms with E-state index in [-0.39, 0.29) is 5.91 Å². The SMILES string of the molecule is CCOc1ccc(/C=C/C(=O)NNC(=O)c2ccc(C)c(Br)c2)cc1. The van der Waals surface area contributed by atoms with E-state index in [0.29, 0.717) is 12.2 Å². The smallest absolute Gasteiger partial charge is 0.269 e. The van der Waals surface area contributed by atoms with Gasteiger partial charge in [-0.3, -0.25) is 20.4 Å². The third kappa shape index (κ3) is 5.76. The maximum atomic E-state index is 12.0. The summed E-state index contributed by atoms with van der Waals surface area (Å²) in [5.41, 5.74) is 7.06. The Kier molecular flexibility index (Phi) is 6.77. The molecule has 0 saturated carbocycles. The van der Waals surface area contributed by atoms with Crippen LogP contribution in [0.25, 0.3) is 6.08 Å². The summed E-state index contributed by atoms with van der Waals surface area (Å²) in [6.45, 7) is 4.45. The van der Waals surface area contributed by atoms with Crippen molar-refractivity contribution >= 4 is 33.8 Å². The molecule has 0 heterocycles. The van der Waals surface area contributed by atoms with Gasteiger partial charge in [-0.05, 0) is 55.3 Å². The molecular formula is C19H19BrN2O3. The lowest BCUT2D eigenvalue weighted by molar-refractivity contribution is -0.117. The van der Waals surface area contributed by atoms with Crippen molar-refractivity contribution in [2.45, 2.75) is 13.8 Å². The van der Waals surface area contributed by atoms with Crippen LogP contribution < -0.4 is 15.6 Å². The molecule has 5 nitrogen and oxygen atoms in total. The van der Waals surface area contributed by atoms with E-state index in [1.54, 1.807) is 18.2 Å². The molecule has 0 bridgehead atoms. The molecule has 2 rings (SSSR count). The van der Waals surface area contributed by atoms with Gasteiger partial charge in [0.1, 0.15) is 5.75 Å². The van der Waals surface area contributed by atoms with Gasteiger partial charge in [0.15, 0.2) is 0 Å². The van der Waals surface area contributed by atoms with Gasteiger partial charge >= 0.3 is 0 Å². The normalized spacial score (nSPS) is 10.5. The van der Waals surface area contributed by atoms with Crippen molar-refractivity contribution in [2.75, 3.05) is 6.61 Å². The molecule has 0 aliphatic carbocycles. The number of nitrogens with one attached hydrogen (secondary N) is 2. The number of rotatable bonds is 5. The van der Waals surface area contributed by atoms with Crippen molar-refractivity contribution in [1.82, 2.24) is 10.9 Å². The minimum Gasteiger partial charge on any atom is -0.494 e. The highest BCUT2D eigenvalue weighted by molar-refractivity contribution is 9.10. The van der Waals surface area contributed by atoms with Crippen LogP contribution in [0.15, 0.2) is 53.0 Å². The summed E-state index contributed by atoms with van der Waals surface area (Å²) >= 11 is 3.37. The molecular weight excluding hydrogens is 384 g/mol. The molecule has 25 heavy (non-hydrogen) atoms. The van der Waals surface area contributed by atoms with E-state index in [0.717, 1.165) is 21.3 Å². The highest BCUT2D eigenvalue weighted by Gasteiger charge is 2.07. The first-order valence-electron chi connectivity index (χ1n) is 7.77. The van der Waals surface area contributed by atoms with Crippen LogP contribution >= 0.6 is 15.9 Å². The molecule has 0 fully saturated rings. The Morgan fingerprint density at radius 1 is 1.12 bits per heavy atom. The highest BCUT2D eigenvalue weighted by atomic mass is 79.9. The van der Waals surface area contributed by atoms with Crippen molar-refractivity contribution in [1.29, 1.82) is 0 Å². The largest absolute Gasteiger partial charge is 0.494 e. The first-order valence-corrected chi connectivity index (χ1v) is 8.56. The van der Waals surface area contributed by atoms with Gasteiger partial charge < -0.3 is 4.74 Å². The van der Waals surface area contributed by atoms with E-state index in [2.05, 4.69) is 26.8 Å². The number of hydrazine groups is 1. The van der Waals surface area contributed by atoms with E-state index >= 15 is 0 Å². The maximum absolute atomic E-state index is 12.0. The van der Waals surface area contributed by atoms with Crippen molar-refractivity contribution in [3.63, 3.8) is 0 Å². The van der Waals surface area contributed by atoms with Gasteiger partial charge in [-0.15, -0.1) is 0 Å². The van der Waals surface area contributed by atoms with Crippen molar-refractivity contribution in [2.24, 2.45) is 0 Å². The van der Waals surface area contributed by atoms with Crippen LogP contribution in [0.3, 0.4) is 0 Å². The van der Waals surface area contributed by atoms with Crippen LogP contribution in [-0.2, 0) is 4.79 Å². The molecule has 0 aromatic heterocycles. The summed E-state index contributed by atoms with van der Waals surface area (Å²) in [5, 5.41) is 0. The van der Waals surface area contributed by atoms with Gasteiger partial charge in [-0.1, -0.05) is 34.1 Å². The molecule has 0 aliphatic heterocycles. The Hall–Kier alpha value is -2.60. The molecule has 130 valence electrons. The molecule has 6 heteroatoms. The number of hydrogen-bond donors (Lipinski definition) is 2. The quantitative estimate of drug-likeness (QED) is 0.592. The molecule has 2 N–H and O–H groups in total. The van der Waals surface area contributed by atoms with Crippen molar-refractivity contribution in [3.05, 3.63) is 69.7 Å². The monoisotopic (exact) mass is 402 g/mol. The zero-order valence-corrected chi connectivity index (χ0v) is 15.6. The predicted octanol–water partition coefficient (Wildman–Crippen LogP) is 3.63. The number of carbonyl (C=O) groups excluding carboxylic acids is 2. The first-order chi connectivity index (χ1) is 12.0. The lowest BCUT2D eigenvalue weighted by Crippen LogP contribution is -2.40. The summed E-state index contributed by atoms with van der Waals surface area (Å²) in [6.07, 6.45) is 3.00. The minimum absolute atomic E-state index is 0.386. The standard InChI is InChI=1S/C19H19BrN2O3/c1-3-25-16-9-5-14(6-10-16)7-11-18(23)21-22-19(24)15-8-4-13(2)17(20)12-15/h4-12H,3H2,1-2H3,(H,21,23)(H,22,24)/b11-7+. The second-order valence-corrected chi connectivity index (χ2v) is 6.10.